The van der Waals surface area contributed by atoms with E-state index in [0.29, 0.717) is 22.5 Å². The molecule has 1 aliphatic rings. The molecule has 4 rings (SSSR count). The minimum atomic E-state index is -2.95. The van der Waals surface area contributed by atoms with Gasteiger partial charge in [0.15, 0.2) is 0 Å². The maximum absolute atomic E-state index is 14.1. The summed E-state index contributed by atoms with van der Waals surface area (Å²) in [6.45, 7) is 2.14. The van der Waals surface area contributed by atoms with Gasteiger partial charge in [0.05, 0.1) is 5.56 Å². The molecule has 1 aliphatic heterocycles. The number of hydrogen-bond acceptors (Lipinski definition) is 5. The Morgan fingerprint density at radius 1 is 1.48 bits per heavy atom. The first-order chi connectivity index (χ1) is 13.8. The lowest BCUT2D eigenvalue weighted by atomic mass is 10.0. The highest BCUT2D eigenvalue weighted by molar-refractivity contribution is 6.07. The van der Waals surface area contributed by atoms with Crippen LogP contribution >= 0.6 is 0 Å². The summed E-state index contributed by atoms with van der Waals surface area (Å²) in [6.07, 6.45) is 3.19. The molecular formula is C20H22F2N4O3. The molecule has 2 N–H and O–H groups in total. The van der Waals surface area contributed by atoms with E-state index >= 15 is 0 Å². The van der Waals surface area contributed by atoms with Crippen molar-refractivity contribution >= 4 is 16.9 Å². The Morgan fingerprint density at radius 2 is 2.31 bits per heavy atom. The highest BCUT2D eigenvalue weighted by Gasteiger charge is 2.42. The van der Waals surface area contributed by atoms with Crippen LogP contribution in [0.25, 0.3) is 11.0 Å². The number of nitrogens with one attached hydrogen (secondary N) is 2. The van der Waals surface area contributed by atoms with Crippen LogP contribution in [0, 0.1) is 6.92 Å². The number of nitrogens with zero attached hydrogens (tertiary/aromatic N) is 2. The molecule has 1 amide bonds. The zero-order chi connectivity index (χ0) is 20.6. The zero-order valence-electron chi connectivity index (χ0n) is 16.2. The summed E-state index contributed by atoms with van der Waals surface area (Å²) in [5, 5.41) is 5.87. The van der Waals surface area contributed by atoms with Crippen LogP contribution in [0.2, 0.25) is 0 Å². The first-order valence-corrected chi connectivity index (χ1v) is 9.37. The van der Waals surface area contributed by atoms with E-state index in [-0.39, 0.29) is 31.7 Å². The summed E-state index contributed by atoms with van der Waals surface area (Å²) in [5.74, 6) is -1.90. The molecule has 3 heterocycles. The second-order valence-electron chi connectivity index (χ2n) is 7.18. The molecule has 0 aliphatic carbocycles. The number of ether oxygens (including phenoxy) is 1. The molecule has 1 aromatic carbocycles. The molecule has 7 nitrogen and oxygen atoms in total. The molecule has 1 atom stereocenters. The van der Waals surface area contributed by atoms with Crippen molar-refractivity contribution in [2.24, 2.45) is 7.05 Å². The lowest BCUT2D eigenvalue weighted by Crippen LogP contribution is -2.57. The van der Waals surface area contributed by atoms with Crippen LogP contribution in [0.15, 0.2) is 35.0 Å². The van der Waals surface area contributed by atoms with Gasteiger partial charge in [-0.3, -0.25) is 4.79 Å². The van der Waals surface area contributed by atoms with Crippen LogP contribution in [0.3, 0.4) is 0 Å². The van der Waals surface area contributed by atoms with Crippen LogP contribution in [0.5, 0.6) is 5.75 Å². The Kier molecular flexibility index (Phi) is 4.99. The summed E-state index contributed by atoms with van der Waals surface area (Å²) in [6, 6.07) is 3.84. The Morgan fingerprint density at radius 3 is 3.03 bits per heavy atom. The number of halogens is 2. The normalized spacial score (nSPS) is 18.7. The molecule has 0 bridgehead atoms. The monoisotopic (exact) mass is 404 g/mol. The van der Waals surface area contributed by atoms with E-state index < -0.39 is 17.9 Å². The smallest absolute Gasteiger partial charge is 0.270 e. The summed E-state index contributed by atoms with van der Waals surface area (Å²) in [4.78, 5) is 17.0. The fourth-order valence-electron chi connectivity index (χ4n) is 3.47. The second kappa shape index (κ2) is 7.47. The van der Waals surface area contributed by atoms with Crippen LogP contribution < -0.4 is 15.4 Å². The van der Waals surface area contributed by atoms with Gasteiger partial charge >= 0.3 is 0 Å². The third-order valence-electron chi connectivity index (χ3n) is 5.15. The minimum absolute atomic E-state index is 0.0194. The number of imidazole rings is 1. The van der Waals surface area contributed by atoms with E-state index in [4.69, 9.17) is 9.15 Å². The van der Waals surface area contributed by atoms with Gasteiger partial charge in [-0.15, -0.1) is 0 Å². The second-order valence-corrected chi connectivity index (χ2v) is 7.18. The van der Waals surface area contributed by atoms with Gasteiger partial charge < -0.3 is 24.4 Å². The van der Waals surface area contributed by atoms with E-state index in [9.17, 15) is 13.6 Å². The quantitative estimate of drug-likeness (QED) is 0.684. The fraction of sp³-hybridized carbons (Fsp3) is 0.400. The van der Waals surface area contributed by atoms with Crippen molar-refractivity contribution in [3.63, 3.8) is 0 Å². The first kappa shape index (κ1) is 19.4. The Labute approximate surface area is 166 Å². The van der Waals surface area contributed by atoms with Gasteiger partial charge in [0.25, 0.3) is 11.8 Å². The summed E-state index contributed by atoms with van der Waals surface area (Å²) < 4.78 is 41.5. The van der Waals surface area contributed by atoms with Crippen molar-refractivity contribution in [3.05, 3.63) is 47.7 Å². The Balaban J connectivity index is 1.57. The molecule has 9 heteroatoms. The molecule has 0 radical (unpaired) electrons. The van der Waals surface area contributed by atoms with Gasteiger partial charge in [-0.2, -0.15) is 0 Å². The van der Waals surface area contributed by atoms with Gasteiger partial charge in [-0.05, 0) is 25.1 Å². The number of furan rings is 1. The van der Waals surface area contributed by atoms with E-state index in [1.165, 1.54) is 0 Å². The highest BCUT2D eigenvalue weighted by atomic mass is 19.3. The predicted octanol–water partition coefficient (Wildman–Crippen LogP) is 2.78. The molecule has 1 fully saturated rings. The van der Waals surface area contributed by atoms with E-state index in [1.807, 2.05) is 17.8 Å². The number of rotatable bonds is 5. The molecule has 154 valence electrons. The molecule has 0 saturated carbocycles. The number of carbonyl (C=O) groups excluding carboxylic acids is 1. The van der Waals surface area contributed by atoms with Gasteiger partial charge in [0.1, 0.15) is 35.6 Å². The maximum Gasteiger partial charge on any atom is 0.270 e. The summed E-state index contributed by atoms with van der Waals surface area (Å²) >= 11 is 0. The molecule has 1 unspecified atom stereocenters. The average molecular weight is 404 g/mol. The van der Waals surface area contributed by atoms with Gasteiger partial charge in [0, 0.05) is 44.3 Å². The van der Waals surface area contributed by atoms with Crippen LogP contribution in [0.1, 0.15) is 28.4 Å². The number of benzene rings is 1. The van der Waals surface area contributed by atoms with Gasteiger partial charge in [-0.25, -0.2) is 13.8 Å². The van der Waals surface area contributed by atoms with Crippen LogP contribution in [0.4, 0.5) is 8.78 Å². The number of amides is 1. The van der Waals surface area contributed by atoms with Crippen molar-refractivity contribution < 1.29 is 22.7 Å². The topological polar surface area (TPSA) is 81.3 Å². The van der Waals surface area contributed by atoms with Crippen molar-refractivity contribution in [2.45, 2.75) is 31.9 Å². The van der Waals surface area contributed by atoms with Crippen LogP contribution in [-0.4, -0.2) is 40.5 Å². The van der Waals surface area contributed by atoms with Crippen molar-refractivity contribution in [2.75, 3.05) is 13.1 Å². The molecule has 3 aromatic rings. The first-order valence-electron chi connectivity index (χ1n) is 9.37. The van der Waals surface area contributed by atoms with Gasteiger partial charge in [0.2, 0.25) is 0 Å². The molecule has 1 saturated heterocycles. The number of aryl methyl sites for hydroxylation is 2. The lowest BCUT2D eigenvalue weighted by Gasteiger charge is -2.32. The number of hydrogen-bond donors (Lipinski definition) is 2. The van der Waals surface area contributed by atoms with Crippen LogP contribution in [-0.2, 0) is 13.7 Å². The molecule has 29 heavy (non-hydrogen) atoms. The fourth-order valence-corrected chi connectivity index (χ4v) is 3.47. The van der Waals surface area contributed by atoms with Crippen molar-refractivity contribution in [3.8, 4) is 5.75 Å². The summed E-state index contributed by atoms with van der Waals surface area (Å²) in [5.41, 5.74) is 0.731. The molecule has 0 spiro atoms. The predicted molar refractivity (Wildman–Crippen MR) is 102 cm³/mol. The number of fused-ring (bicyclic) bond motifs is 1. The number of alkyl halides is 2. The van der Waals surface area contributed by atoms with E-state index in [0.717, 1.165) is 5.82 Å². The molecule has 2 aromatic heterocycles. The van der Waals surface area contributed by atoms with E-state index in [2.05, 4.69) is 15.6 Å². The maximum atomic E-state index is 14.1. The van der Waals surface area contributed by atoms with Crippen molar-refractivity contribution in [1.29, 1.82) is 0 Å². The Hall–Kier alpha value is -2.94. The summed E-state index contributed by atoms with van der Waals surface area (Å²) in [7, 11) is 1.87. The number of carbonyl (C=O) groups is 1. The van der Waals surface area contributed by atoms with Gasteiger partial charge in [-0.1, -0.05) is 0 Å². The SMILES string of the molecule is Cc1oc2ccc(OCc3nccn3C)cc2c1C(=O)NC1CNCCC1(F)F. The average Bonchev–Trinajstić information content (AvgIpc) is 3.23. The number of aromatic nitrogens is 2. The molecular weight excluding hydrogens is 382 g/mol. The Bertz CT molecular complexity index is 1040. The van der Waals surface area contributed by atoms with Crippen molar-refractivity contribution in [1.82, 2.24) is 20.2 Å². The third-order valence-corrected chi connectivity index (χ3v) is 5.15. The highest BCUT2D eigenvalue weighted by Crippen LogP contribution is 2.31. The minimum Gasteiger partial charge on any atom is -0.486 e. The largest absolute Gasteiger partial charge is 0.486 e. The van der Waals surface area contributed by atoms with E-state index in [1.54, 1.807) is 31.3 Å². The standard InChI is InChI=1S/C20H22F2N4O3/c1-12-18(19(27)25-16-10-23-6-5-20(16,21)22)14-9-13(3-4-15(14)29-12)28-11-17-24-7-8-26(17)2/h3-4,7-9,16,23H,5-6,10-11H2,1-2H3,(H,25,27). The third kappa shape index (κ3) is 3.82. The zero-order valence-corrected chi connectivity index (χ0v) is 16.2. The number of piperidine rings is 1. The lowest BCUT2D eigenvalue weighted by molar-refractivity contribution is -0.0542.